The molecule has 2 aliphatic heterocycles. The Bertz CT molecular complexity index is 1160. The van der Waals surface area contributed by atoms with Gasteiger partial charge in [0.05, 0.1) is 30.8 Å². The van der Waals surface area contributed by atoms with Gasteiger partial charge in [-0.1, -0.05) is 23.7 Å². The van der Waals surface area contributed by atoms with Crippen molar-refractivity contribution in [3.63, 3.8) is 0 Å². The summed E-state index contributed by atoms with van der Waals surface area (Å²) in [6, 6.07) is 11.4. The third-order valence-corrected chi connectivity index (χ3v) is 6.77. The molecule has 184 valence electrons. The molecule has 35 heavy (non-hydrogen) atoms. The molecule has 9 heteroatoms. The van der Waals surface area contributed by atoms with Crippen LogP contribution in [-0.4, -0.2) is 51.3 Å². The maximum Gasteiger partial charge on any atom is 0.332 e. The highest BCUT2D eigenvalue weighted by Gasteiger charge is 2.38. The minimum absolute atomic E-state index is 0.133. The lowest BCUT2D eigenvalue weighted by Gasteiger charge is -2.37. The van der Waals surface area contributed by atoms with Crippen molar-refractivity contribution >= 4 is 41.0 Å². The molecule has 4 rings (SSSR count). The van der Waals surface area contributed by atoms with E-state index in [-0.39, 0.29) is 18.9 Å². The van der Waals surface area contributed by atoms with Crippen LogP contribution in [0, 0.1) is 5.92 Å². The Balaban J connectivity index is 1.74. The largest absolute Gasteiger partial charge is 0.493 e. The van der Waals surface area contributed by atoms with E-state index in [4.69, 9.17) is 21.3 Å². The number of urea groups is 1. The minimum Gasteiger partial charge on any atom is -0.493 e. The molecule has 0 radical (unpaired) electrons. The number of hydrogen-bond donors (Lipinski definition) is 1. The molecule has 1 unspecified atom stereocenters. The fourth-order valence-electron chi connectivity index (χ4n) is 4.27. The molecule has 2 atom stereocenters. The molecule has 0 saturated carbocycles. The van der Waals surface area contributed by atoms with Gasteiger partial charge in [-0.2, -0.15) is 0 Å². The molecule has 0 aromatic heterocycles. The van der Waals surface area contributed by atoms with Crippen molar-refractivity contribution in [1.29, 1.82) is 0 Å². The third-order valence-electron chi connectivity index (χ3n) is 6.51. The molecule has 3 amide bonds. The van der Waals surface area contributed by atoms with E-state index < -0.39 is 24.0 Å². The van der Waals surface area contributed by atoms with Crippen molar-refractivity contribution in [2.24, 2.45) is 10.9 Å². The van der Waals surface area contributed by atoms with Crippen LogP contribution in [0.1, 0.15) is 44.2 Å². The first-order valence-corrected chi connectivity index (χ1v) is 12.1. The molecule has 1 N–H and O–H groups in total. The van der Waals surface area contributed by atoms with Gasteiger partial charge in [0.1, 0.15) is 11.6 Å². The van der Waals surface area contributed by atoms with Crippen LogP contribution >= 0.6 is 11.6 Å². The van der Waals surface area contributed by atoms with Gasteiger partial charge in [0.25, 0.3) is 0 Å². The highest BCUT2D eigenvalue weighted by Crippen LogP contribution is 2.30. The number of amidine groups is 1. The third kappa shape index (κ3) is 5.48. The lowest BCUT2D eigenvalue weighted by molar-refractivity contribution is -0.144. The number of hydrogen-bond acceptors (Lipinski definition) is 5. The van der Waals surface area contributed by atoms with Crippen LogP contribution in [0.15, 0.2) is 47.5 Å². The zero-order chi connectivity index (χ0) is 25.1. The maximum absolute atomic E-state index is 13.8. The van der Waals surface area contributed by atoms with Gasteiger partial charge in [0.2, 0.25) is 5.91 Å². The quantitative estimate of drug-likeness (QED) is 0.602. The summed E-state index contributed by atoms with van der Waals surface area (Å²) in [5, 5.41) is 10.1. The normalized spacial score (nSPS) is 19.1. The Morgan fingerprint density at radius 3 is 2.57 bits per heavy atom. The Morgan fingerprint density at radius 1 is 1.11 bits per heavy atom. The first-order chi connectivity index (χ1) is 16.7. The molecule has 2 aliphatic rings. The number of nitrogens with zero attached hydrogens (tertiary/aromatic N) is 3. The Kier molecular flexibility index (Phi) is 7.40. The number of aliphatic carboxylic acids is 1. The second-order valence-corrected chi connectivity index (χ2v) is 9.33. The van der Waals surface area contributed by atoms with Gasteiger partial charge in [-0.05, 0) is 61.7 Å². The maximum atomic E-state index is 13.8. The van der Waals surface area contributed by atoms with Crippen LogP contribution in [0.5, 0.6) is 5.75 Å². The molecule has 1 fully saturated rings. The van der Waals surface area contributed by atoms with Crippen molar-refractivity contribution in [2.75, 3.05) is 6.61 Å². The predicted molar refractivity (Wildman–Crippen MR) is 132 cm³/mol. The molecular weight excluding hydrogens is 470 g/mol. The number of carbonyl (C=O) groups is 3. The second kappa shape index (κ2) is 10.5. The topological polar surface area (TPSA) is 99.5 Å². The van der Waals surface area contributed by atoms with E-state index in [2.05, 4.69) is 0 Å². The molecule has 2 aromatic rings. The molecule has 0 spiro atoms. The number of ether oxygens (including phenoxy) is 1. The summed E-state index contributed by atoms with van der Waals surface area (Å²) < 4.78 is 5.58. The van der Waals surface area contributed by atoms with Crippen LogP contribution in [0.4, 0.5) is 10.5 Å². The van der Waals surface area contributed by atoms with Crippen molar-refractivity contribution in [1.82, 2.24) is 9.80 Å². The van der Waals surface area contributed by atoms with E-state index >= 15 is 0 Å². The molecular formula is C26H28ClN3O5. The number of carboxylic acids is 1. The van der Waals surface area contributed by atoms with Gasteiger partial charge in [0.15, 0.2) is 0 Å². The lowest BCUT2D eigenvalue weighted by atomic mass is 10.0. The average Bonchev–Trinajstić information content (AvgIpc) is 3.30. The molecule has 2 heterocycles. The van der Waals surface area contributed by atoms with E-state index in [0.29, 0.717) is 36.0 Å². The number of halogens is 1. The van der Waals surface area contributed by atoms with Crippen LogP contribution in [-0.2, 0) is 22.6 Å². The molecule has 1 saturated heterocycles. The highest BCUT2D eigenvalue weighted by atomic mass is 35.5. The molecule has 8 nitrogen and oxygen atoms in total. The van der Waals surface area contributed by atoms with Gasteiger partial charge < -0.3 is 9.84 Å². The Morgan fingerprint density at radius 2 is 1.86 bits per heavy atom. The van der Waals surface area contributed by atoms with Gasteiger partial charge in [0, 0.05) is 24.3 Å². The molecule has 0 aliphatic carbocycles. The summed E-state index contributed by atoms with van der Waals surface area (Å²) in [6.07, 6.45) is 1.85. The summed E-state index contributed by atoms with van der Waals surface area (Å²) in [6.45, 7) is 3.89. The zero-order valence-electron chi connectivity index (χ0n) is 19.7. The van der Waals surface area contributed by atoms with Crippen molar-refractivity contribution in [2.45, 2.75) is 52.1 Å². The van der Waals surface area contributed by atoms with Crippen LogP contribution in [0.3, 0.4) is 0 Å². The number of benzene rings is 2. The number of fused-ring (bicyclic) bond motifs is 1. The van der Waals surface area contributed by atoms with Gasteiger partial charge in [-0.3, -0.25) is 19.4 Å². The van der Waals surface area contributed by atoms with Gasteiger partial charge >= 0.3 is 12.0 Å². The summed E-state index contributed by atoms with van der Waals surface area (Å²) in [7, 11) is 0. The molecule has 2 aromatic carbocycles. The number of amides is 3. The zero-order valence-corrected chi connectivity index (χ0v) is 20.5. The van der Waals surface area contributed by atoms with Crippen molar-refractivity contribution in [3.8, 4) is 5.75 Å². The Hall–Kier alpha value is -3.39. The van der Waals surface area contributed by atoms with Crippen molar-refractivity contribution in [3.05, 3.63) is 58.6 Å². The minimum atomic E-state index is -1.07. The first kappa shape index (κ1) is 24.7. The predicted octanol–water partition coefficient (Wildman–Crippen LogP) is 5.05. The van der Waals surface area contributed by atoms with E-state index in [1.807, 2.05) is 30.3 Å². The number of carbonyl (C=O) groups excluding carboxylic acids is 2. The van der Waals surface area contributed by atoms with Gasteiger partial charge in [-0.15, -0.1) is 0 Å². The first-order valence-electron chi connectivity index (χ1n) is 11.7. The number of aliphatic imine (C=N–C) groups is 1. The number of carboxylic acid groups (broad SMARTS) is 1. The van der Waals surface area contributed by atoms with Crippen molar-refractivity contribution < 1.29 is 24.2 Å². The summed E-state index contributed by atoms with van der Waals surface area (Å²) >= 11 is 6.04. The van der Waals surface area contributed by atoms with Gasteiger partial charge in [-0.25, -0.2) is 9.79 Å². The number of rotatable bonds is 6. The van der Waals surface area contributed by atoms with Crippen LogP contribution in [0.2, 0.25) is 5.02 Å². The fraction of sp³-hybridized carbons (Fsp3) is 0.385. The van der Waals surface area contributed by atoms with E-state index in [1.165, 1.54) is 11.8 Å². The highest BCUT2D eigenvalue weighted by molar-refractivity contribution is 6.30. The summed E-state index contributed by atoms with van der Waals surface area (Å²) in [5.74, 6) is -1.01. The molecule has 0 bridgehead atoms. The number of imide groups is 1. The standard InChI is InChI=1S/C26H28ClN3O5/c1-16(25(32)33)17(2)30-24(31)5-3-4-23(28-21-10-11-22-19(14-21)12-13-35-22)29(26(30)34)15-18-6-8-20(27)9-7-18/h6-11,14,16-17H,3-5,12-13,15H2,1-2H3,(H,32,33)/t16-,17?/m1/s1. The van der Waals surface area contributed by atoms with Crippen LogP contribution < -0.4 is 4.74 Å². The lowest BCUT2D eigenvalue weighted by Crippen LogP contribution is -2.55. The summed E-state index contributed by atoms with van der Waals surface area (Å²) in [5.41, 5.74) is 2.57. The Labute approximate surface area is 209 Å². The fourth-order valence-corrected chi connectivity index (χ4v) is 4.40. The summed E-state index contributed by atoms with van der Waals surface area (Å²) in [4.78, 5) is 45.9. The van der Waals surface area contributed by atoms with Crippen LogP contribution in [0.25, 0.3) is 0 Å². The smallest absolute Gasteiger partial charge is 0.332 e. The van der Waals surface area contributed by atoms with E-state index in [9.17, 15) is 19.5 Å². The SMILES string of the molecule is CC([C@@H](C)C(=O)O)N1C(=O)CCCC(=Nc2ccc3c(c2)CCO3)N(Cc2ccc(Cl)cc2)C1=O. The monoisotopic (exact) mass is 497 g/mol. The van der Waals surface area contributed by atoms with E-state index in [1.54, 1.807) is 19.1 Å². The van der Waals surface area contributed by atoms with E-state index in [0.717, 1.165) is 28.2 Å². The average molecular weight is 498 g/mol. The second-order valence-electron chi connectivity index (χ2n) is 8.90.